The molecule has 0 aromatic rings. The Bertz CT molecular complexity index is 539. The summed E-state index contributed by atoms with van der Waals surface area (Å²) in [6.45, 7) is 16.6. The minimum atomic E-state index is -0.218. The first-order valence-electron chi connectivity index (χ1n) is 11.9. The number of allylic oxidation sites excluding steroid dienone is 4. The van der Waals surface area contributed by atoms with E-state index < -0.39 is 0 Å². The number of methoxy groups -OCH3 is 1. The van der Waals surface area contributed by atoms with Gasteiger partial charge >= 0.3 is 0 Å². The van der Waals surface area contributed by atoms with E-state index in [2.05, 4.69) is 53.7 Å². The van der Waals surface area contributed by atoms with Crippen LogP contribution in [-0.4, -0.2) is 20.0 Å². The summed E-state index contributed by atoms with van der Waals surface area (Å²) in [6.07, 6.45) is 18.7. The highest BCUT2D eigenvalue weighted by Crippen LogP contribution is 2.41. The third-order valence-electron chi connectivity index (χ3n) is 5.90. The van der Waals surface area contributed by atoms with Gasteiger partial charge < -0.3 is 14.2 Å². The molecule has 1 saturated carbocycles. The molecule has 0 radical (unpaired) electrons. The second-order valence-electron chi connectivity index (χ2n) is 11.1. The van der Waals surface area contributed by atoms with Gasteiger partial charge in [-0.25, -0.2) is 0 Å². The molecule has 0 aromatic heterocycles. The molecule has 0 aliphatic heterocycles. The molecular weight excluding hydrogens is 372 g/mol. The van der Waals surface area contributed by atoms with Gasteiger partial charge in [0.25, 0.3) is 0 Å². The minimum absolute atomic E-state index is 0.154. The van der Waals surface area contributed by atoms with Crippen molar-refractivity contribution in [3.05, 3.63) is 36.3 Å². The lowest BCUT2D eigenvalue weighted by Crippen LogP contribution is -2.26. The number of hydrogen-bond donors (Lipinski definition) is 0. The van der Waals surface area contributed by atoms with Crippen LogP contribution in [0.1, 0.15) is 93.4 Å². The van der Waals surface area contributed by atoms with E-state index in [9.17, 15) is 0 Å². The second kappa shape index (κ2) is 13.2. The minimum Gasteiger partial charge on any atom is -0.504 e. The van der Waals surface area contributed by atoms with Crippen LogP contribution in [0.4, 0.5) is 0 Å². The van der Waals surface area contributed by atoms with Gasteiger partial charge in [-0.2, -0.15) is 0 Å². The van der Waals surface area contributed by atoms with Crippen molar-refractivity contribution in [3.8, 4) is 0 Å². The molecule has 0 aromatic carbocycles. The molecule has 2 atom stereocenters. The van der Waals surface area contributed by atoms with Crippen molar-refractivity contribution >= 4 is 0 Å². The fraction of sp³-hybridized carbons (Fsp3) is 0.778. The Kier molecular flexibility index (Phi) is 11.8. The predicted molar refractivity (Wildman–Crippen MR) is 128 cm³/mol. The average Bonchev–Trinajstić information content (AvgIpc) is 2.65. The van der Waals surface area contributed by atoms with Crippen molar-refractivity contribution in [1.29, 1.82) is 0 Å². The SMILES string of the molecule is CO/C=C/C(=C\C=C\OC(C)OCCC1CCCCC1)C(CC(C)(C)C)C(C)(C)C. The van der Waals surface area contributed by atoms with Crippen molar-refractivity contribution in [2.45, 2.75) is 99.7 Å². The molecule has 30 heavy (non-hydrogen) atoms. The van der Waals surface area contributed by atoms with E-state index >= 15 is 0 Å². The Morgan fingerprint density at radius 2 is 1.67 bits per heavy atom. The van der Waals surface area contributed by atoms with Crippen molar-refractivity contribution in [2.24, 2.45) is 22.7 Å². The van der Waals surface area contributed by atoms with Gasteiger partial charge in [0.05, 0.1) is 26.2 Å². The molecule has 174 valence electrons. The normalized spacial score (nSPS) is 19.4. The van der Waals surface area contributed by atoms with Gasteiger partial charge in [-0.3, -0.25) is 0 Å². The van der Waals surface area contributed by atoms with Crippen LogP contribution in [0, 0.1) is 22.7 Å². The van der Waals surface area contributed by atoms with Crippen LogP contribution in [0.25, 0.3) is 0 Å². The third kappa shape index (κ3) is 11.8. The predicted octanol–water partition coefficient (Wildman–Crippen LogP) is 8.03. The van der Waals surface area contributed by atoms with Gasteiger partial charge in [0.2, 0.25) is 0 Å². The summed E-state index contributed by atoms with van der Waals surface area (Å²) in [6, 6.07) is 0. The van der Waals surface area contributed by atoms with Crippen LogP contribution in [0.2, 0.25) is 0 Å². The Balaban J connectivity index is 2.64. The topological polar surface area (TPSA) is 27.7 Å². The van der Waals surface area contributed by atoms with Crippen LogP contribution < -0.4 is 0 Å². The molecule has 1 rings (SSSR count). The van der Waals surface area contributed by atoms with Gasteiger partial charge in [-0.15, -0.1) is 0 Å². The molecule has 1 aliphatic rings. The van der Waals surface area contributed by atoms with E-state index in [0.29, 0.717) is 5.92 Å². The highest BCUT2D eigenvalue weighted by Gasteiger charge is 2.30. The summed E-state index contributed by atoms with van der Waals surface area (Å²) in [7, 11) is 1.69. The maximum Gasteiger partial charge on any atom is 0.196 e. The number of rotatable bonds is 11. The van der Waals surface area contributed by atoms with E-state index in [1.165, 1.54) is 37.7 Å². The zero-order valence-electron chi connectivity index (χ0n) is 21.0. The lowest BCUT2D eigenvalue weighted by atomic mass is 9.68. The molecule has 0 heterocycles. The molecule has 0 saturated heterocycles. The molecule has 0 N–H and O–H groups in total. The molecule has 3 nitrogen and oxygen atoms in total. The Hall–Kier alpha value is -1.22. The molecule has 0 amide bonds. The van der Waals surface area contributed by atoms with Crippen LogP contribution in [-0.2, 0) is 14.2 Å². The van der Waals surface area contributed by atoms with Gasteiger partial charge in [-0.05, 0) is 60.2 Å². The van der Waals surface area contributed by atoms with Crippen LogP contribution in [0.5, 0.6) is 0 Å². The smallest absolute Gasteiger partial charge is 0.196 e. The van der Waals surface area contributed by atoms with Crippen molar-refractivity contribution in [1.82, 2.24) is 0 Å². The van der Waals surface area contributed by atoms with Crippen molar-refractivity contribution < 1.29 is 14.2 Å². The molecule has 0 spiro atoms. The van der Waals surface area contributed by atoms with Gasteiger partial charge in [0, 0.05) is 0 Å². The van der Waals surface area contributed by atoms with E-state index in [1.54, 1.807) is 19.6 Å². The maximum absolute atomic E-state index is 5.86. The monoisotopic (exact) mass is 420 g/mol. The summed E-state index contributed by atoms with van der Waals surface area (Å²) in [5, 5.41) is 0. The summed E-state index contributed by atoms with van der Waals surface area (Å²) < 4.78 is 16.8. The Labute approximate surface area is 186 Å². The lowest BCUT2D eigenvalue weighted by Gasteiger charge is -2.36. The molecule has 0 bridgehead atoms. The largest absolute Gasteiger partial charge is 0.504 e. The van der Waals surface area contributed by atoms with Crippen molar-refractivity contribution in [2.75, 3.05) is 13.7 Å². The molecule has 3 heteroatoms. The lowest BCUT2D eigenvalue weighted by molar-refractivity contribution is -0.0963. The van der Waals surface area contributed by atoms with Gasteiger partial charge in [0.15, 0.2) is 6.29 Å². The molecule has 1 fully saturated rings. The molecular formula is C27H48O3. The summed E-state index contributed by atoms with van der Waals surface area (Å²) in [4.78, 5) is 0. The maximum atomic E-state index is 5.86. The van der Waals surface area contributed by atoms with E-state index in [-0.39, 0.29) is 17.1 Å². The number of ether oxygens (including phenoxy) is 3. The summed E-state index contributed by atoms with van der Waals surface area (Å²) in [5.41, 5.74) is 1.66. The van der Waals surface area contributed by atoms with E-state index in [4.69, 9.17) is 14.2 Å². The zero-order chi connectivity index (χ0) is 22.6. The van der Waals surface area contributed by atoms with Crippen LogP contribution in [0.3, 0.4) is 0 Å². The Morgan fingerprint density at radius 3 is 2.23 bits per heavy atom. The highest BCUT2D eigenvalue weighted by atomic mass is 16.7. The first kappa shape index (κ1) is 26.8. The molecule has 2 unspecified atom stereocenters. The third-order valence-corrected chi connectivity index (χ3v) is 5.90. The van der Waals surface area contributed by atoms with Crippen molar-refractivity contribution in [3.63, 3.8) is 0 Å². The van der Waals surface area contributed by atoms with E-state index in [1.807, 2.05) is 13.0 Å². The standard InChI is InChI=1S/C27H48O3/c1-22(30-20-16-23-13-10-9-11-14-23)29-18-12-15-24(17-19-28-8)25(27(5,6)7)21-26(2,3)4/h12,15,17-19,22-23,25H,9-11,13-14,16,20-21H2,1-8H3/b18-12+,19-17+,24-15+. The summed E-state index contributed by atoms with van der Waals surface area (Å²) in [5.74, 6) is 1.26. The Morgan fingerprint density at radius 1 is 1.00 bits per heavy atom. The number of hydrogen-bond acceptors (Lipinski definition) is 3. The van der Waals surface area contributed by atoms with Gasteiger partial charge in [0.1, 0.15) is 0 Å². The fourth-order valence-electron chi connectivity index (χ4n) is 4.19. The summed E-state index contributed by atoms with van der Waals surface area (Å²) >= 11 is 0. The van der Waals surface area contributed by atoms with Gasteiger partial charge in [-0.1, -0.05) is 79.7 Å². The highest BCUT2D eigenvalue weighted by molar-refractivity contribution is 5.27. The zero-order valence-corrected chi connectivity index (χ0v) is 21.0. The van der Waals surface area contributed by atoms with Crippen LogP contribution in [0.15, 0.2) is 36.3 Å². The van der Waals surface area contributed by atoms with Crippen LogP contribution >= 0.6 is 0 Å². The fourth-order valence-corrected chi connectivity index (χ4v) is 4.19. The quantitative estimate of drug-likeness (QED) is 0.192. The average molecular weight is 421 g/mol. The first-order chi connectivity index (χ1) is 14.0. The molecule has 1 aliphatic carbocycles. The first-order valence-corrected chi connectivity index (χ1v) is 11.9. The van der Waals surface area contributed by atoms with E-state index in [0.717, 1.165) is 25.4 Å². The second-order valence-corrected chi connectivity index (χ2v) is 11.1.